The quantitative estimate of drug-likeness (QED) is 0.419. The number of rotatable bonds is 8. The van der Waals surface area contributed by atoms with E-state index in [1.165, 1.54) is 12.1 Å². The Labute approximate surface area is 212 Å². The molecule has 0 aliphatic heterocycles. The molecule has 4 rings (SSSR count). The molecule has 0 unspecified atom stereocenters. The second-order valence-electron chi connectivity index (χ2n) is 8.92. The van der Waals surface area contributed by atoms with Crippen LogP contribution in [0.3, 0.4) is 0 Å². The number of halogens is 2. The molecule has 0 spiro atoms. The number of carbonyl (C=O) groups is 2. The van der Waals surface area contributed by atoms with Crippen molar-refractivity contribution in [3.05, 3.63) is 58.1 Å². The number of aliphatic hydroxyl groups excluding tert-OH is 1. The van der Waals surface area contributed by atoms with Crippen LogP contribution in [0.4, 0.5) is 4.39 Å². The Kier molecular flexibility index (Phi) is 8.21. The largest absolute Gasteiger partial charge is 0.387 e. The van der Waals surface area contributed by atoms with Crippen LogP contribution in [-0.4, -0.2) is 54.8 Å². The van der Waals surface area contributed by atoms with Gasteiger partial charge in [0.05, 0.1) is 11.6 Å². The second-order valence-corrected chi connectivity index (χ2v) is 9.33. The number of hydrogen-bond donors (Lipinski definition) is 3. The Bertz CT molecular complexity index is 1240. The molecule has 3 aromatic rings. The summed E-state index contributed by atoms with van der Waals surface area (Å²) < 4.78 is 13.3. The zero-order valence-electron chi connectivity index (χ0n) is 19.7. The number of nitrogens with one attached hydrogen (secondary N) is 2. The highest BCUT2D eigenvalue weighted by atomic mass is 35.5. The number of hydrogen-bond acceptors (Lipinski definition) is 7. The van der Waals surface area contributed by atoms with Gasteiger partial charge in [-0.25, -0.2) is 9.37 Å². The first-order valence-corrected chi connectivity index (χ1v) is 12.1. The maximum Gasteiger partial charge on any atom is 0.270 e. The van der Waals surface area contributed by atoms with Gasteiger partial charge in [-0.1, -0.05) is 17.7 Å². The van der Waals surface area contributed by atoms with E-state index in [4.69, 9.17) is 16.7 Å². The van der Waals surface area contributed by atoms with Crippen molar-refractivity contribution in [2.75, 3.05) is 6.61 Å². The summed E-state index contributed by atoms with van der Waals surface area (Å²) in [6, 6.07) is 7.75. The van der Waals surface area contributed by atoms with Crippen LogP contribution in [0.1, 0.15) is 47.4 Å². The van der Waals surface area contributed by atoms with Gasteiger partial charge < -0.3 is 15.7 Å². The molecule has 190 valence electrons. The minimum atomic E-state index is -0.517. The average Bonchev–Trinajstić information content (AvgIpc) is 3.34. The zero-order chi connectivity index (χ0) is 25.7. The molecular weight excluding hydrogens is 489 g/mol. The molecule has 1 aromatic carbocycles. The molecule has 10 nitrogen and oxygen atoms in total. The van der Waals surface area contributed by atoms with E-state index in [1.54, 1.807) is 29.9 Å². The first kappa shape index (κ1) is 25.6. The van der Waals surface area contributed by atoms with Crippen molar-refractivity contribution in [3.8, 4) is 11.4 Å². The number of benzene rings is 1. The van der Waals surface area contributed by atoms with E-state index >= 15 is 0 Å². The fourth-order valence-corrected chi connectivity index (χ4v) is 4.47. The first-order chi connectivity index (χ1) is 17.3. The lowest BCUT2D eigenvalue weighted by atomic mass is 9.86. The number of pyridine rings is 1. The fraction of sp³-hybridized carbons (Fsp3) is 0.417. The van der Waals surface area contributed by atoms with Crippen LogP contribution in [0.2, 0.25) is 5.02 Å². The van der Waals surface area contributed by atoms with Crippen molar-refractivity contribution in [3.63, 3.8) is 0 Å². The topological polar surface area (TPSA) is 135 Å². The maximum absolute atomic E-state index is 13.3. The number of nitrogens with zero attached hydrogens (tertiary/aromatic N) is 5. The molecule has 0 bridgehead atoms. The summed E-state index contributed by atoms with van der Waals surface area (Å²) in [4.78, 5) is 29.9. The van der Waals surface area contributed by atoms with Crippen LogP contribution < -0.4 is 10.6 Å². The van der Waals surface area contributed by atoms with E-state index < -0.39 is 18.3 Å². The third kappa shape index (κ3) is 6.61. The molecule has 1 aliphatic carbocycles. The van der Waals surface area contributed by atoms with Crippen LogP contribution in [0, 0.1) is 18.7 Å². The molecule has 12 heteroatoms. The van der Waals surface area contributed by atoms with E-state index in [9.17, 15) is 14.0 Å². The van der Waals surface area contributed by atoms with Crippen molar-refractivity contribution >= 4 is 23.4 Å². The Hall–Kier alpha value is -3.44. The van der Waals surface area contributed by atoms with Gasteiger partial charge in [-0.2, -0.15) is 4.80 Å². The van der Waals surface area contributed by atoms with Crippen LogP contribution in [0.5, 0.6) is 0 Å². The number of aryl methyl sites for hydroxylation is 1. The van der Waals surface area contributed by atoms with Crippen LogP contribution in [0.15, 0.2) is 30.3 Å². The minimum Gasteiger partial charge on any atom is -0.387 e. The highest BCUT2D eigenvalue weighted by Gasteiger charge is 2.23. The predicted octanol–water partition coefficient (Wildman–Crippen LogP) is 2.43. The number of amides is 2. The third-order valence-corrected chi connectivity index (χ3v) is 6.40. The van der Waals surface area contributed by atoms with Crippen LogP contribution in [0.25, 0.3) is 11.4 Å². The van der Waals surface area contributed by atoms with Gasteiger partial charge in [-0.15, -0.1) is 10.2 Å². The predicted molar refractivity (Wildman–Crippen MR) is 129 cm³/mol. The summed E-state index contributed by atoms with van der Waals surface area (Å²) in [6.07, 6.45) is 3.49. The van der Waals surface area contributed by atoms with Gasteiger partial charge in [0.1, 0.15) is 18.1 Å². The van der Waals surface area contributed by atoms with Crippen molar-refractivity contribution in [2.24, 2.45) is 5.92 Å². The fourth-order valence-electron chi connectivity index (χ4n) is 4.27. The van der Waals surface area contributed by atoms with Gasteiger partial charge in [-0.3, -0.25) is 9.59 Å². The summed E-state index contributed by atoms with van der Waals surface area (Å²) in [5.41, 5.74) is 2.12. The lowest BCUT2D eigenvalue weighted by Gasteiger charge is -2.28. The van der Waals surface area contributed by atoms with E-state index in [0.717, 1.165) is 25.7 Å². The van der Waals surface area contributed by atoms with Crippen molar-refractivity contribution in [1.82, 2.24) is 35.8 Å². The van der Waals surface area contributed by atoms with Crippen molar-refractivity contribution in [2.45, 2.75) is 51.7 Å². The smallest absolute Gasteiger partial charge is 0.270 e. The van der Waals surface area contributed by atoms with Gasteiger partial charge in [0.25, 0.3) is 5.91 Å². The summed E-state index contributed by atoms with van der Waals surface area (Å²) in [5, 5.41) is 27.3. The number of aliphatic hydroxyl groups is 1. The van der Waals surface area contributed by atoms with Gasteiger partial charge in [0.15, 0.2) is 0 Å². The summed E-state index contributed by atoms with van der Waals surface area (Å²) >= 11 is 5.80. The third-order valence-electron chi connectivity index (χ3n) is 6.11. The first-order valence-electron chi connectivity index (χ1n) is 11.7. The Morgan fingerprint density at radius 2 is 1.97 bits per heavy atom. The van der Waals surface area contributed by atoms with Gasteiger partial charge in [0.2, 0.25) is 11.7 Å². The summed E-state index contributed by atoms with van der Waals surface area (Å²) in [5.74, 6) is -0.505. The van der Waals surface area contributed by atoms with Crippen LogP contribution in [-0.2, 0) is 17.9 Å². The maximum atomic E-state index is 13.3. The molecule has 0 saturated heterocycles. The van der Waals surface area contributed by atoms with Crippen molar-refractivity contribution in [1.29, 1.82) is 0 Å². The SMILES string of the molecule is Cc1cc(-c2nnn(CC3CCC(NC(=O)CO)CC3)n2)cc(C(=O)NCc2ccc(F)c(Cl)c2)n1. The highest BCUT2D eigenvalue weighted by Crippen LogP contribution is 2.26. The van der Waals surface area contributed by atoms with Gasteiger partial charge in [0, 0.05) is 23.8 Å². The lowest BCUT2D eigenvalue weighted by molar-refractivity contribution is -0.124. The molecule has 1 fully saturated rings. The highest BCUT2D eigenvalue weighted by molar-refractivity contribution is 6.30. The molecule has 1 aliphatic rings. The lowest BCUT2D eigenvalue weighted by Crippen LogP contribution is -2.39. The molecular formula is C24H27ClFN7O3. The van der Waals surface area contributed by atoms with Crippen molar-refractivity contribution < 1.29 is 19.1 Å². The molecule has 3 N–H and O–H groups in total. The molecule has 36 heavy (non-hydrogen) atoms. The molecule has 2 heterocycles. The van der Waals surface area contributed by atoms with E-state index in [0.29, 0.717) is 35.1 Å². The Morgan fingerprint density at radius 3 is 2.69 bits per heavy atom. The number of aromatic nitrogens is 5. The minimum absolute atomic E-state index is 0.00612. The second kappa shape index (κ2) is 11.5. The summed E-state index contributed by atoms with van der Waals surface area (Å²) in [7, 11) is 0. The molecule has 2 aromatic heterocycles. The molecule has 0 radical (unpaired) electrons. The summed E-state index contributed by atoms with van der Waals surface area (Å²) in [6.45, 7) is 2.06. The van der Waals surface area contributed by atoms with Gasteiger partial charge >= 0.3 is 0 Å². The molecule has 0 atom stereocenters. The standard InChI is InChI=1S/C24H27ClFN7O3/c1-14-8-17(10-21(28-14)24(36)27-11-16-4-7-20(26)19(25)9-16)23-30-32-33(31-23)12-15-2-5-18(6-3-15)29-22(35)13-34/h4,7-10,15,18,34H,2-3,5-6,11-13H2,1H3,(H,27,36)(H,29,35). The Balaban J connectivity index is 1.36. The van der Waals surface area contributed by atoms with Gasteiger partial charge in [-0.05, 0) is 73.6 Å². The zero-order valence-corrected chi connectivity index (χ0v) is 20.5. The normalized spacial score (nSPS) is 17.6. The number of carbonyl (C=O) groups excluding carboxylic acids is 2. The molecule has 1 saturated carbocycles. The van der Waals surface area contributed by atoms with Crippen LogP contribution >= 0.6 is 11.6 Å². The average molecular weight is 516 g/mol. The molecule has 2 amide bonds. The van der Waals surface area contributed by atoms with E-state index in [1.807, 2.05) is 0 Å². The van der Waals surface area contributed by atoms with E-state index in [2.05, 4.69) is 31.0 Å². The monoisotopic (exact) mass is 515 g/mol. The number of tetrazole rings is 1. The van der Waals surface area contributed by atoms with E-state index in [-0.39, 0.29) is 29.2 Å². The Morgan fingerprint density at radius 1 is 1.19 bits per heavy atom.